The molecule has 0 aromatic carbocycles. The van der Waals surface area contributed by atoms with Crippen molar-refractivity contribution >= 4 is 23.2 Å². The van der Waals surface area contributed by atoms with Crippen molar-refractivity contribution in [2.24, 2.45) is 5.41 Å². The Labute approximate surface area is 117 Å². The van der Waals surface area contributed by atoms with Crippen molar-refractivity contribution in [2.45, 2.75) is 34.6 Å². The van der Waals surface area contributed by atoms with E-state index < -0.39 is 0 Å². The minimum absolute atomic E-state index is 0.314. The van der Waals surface area contributed by atoms with Crippen LogP contribution in [0.25, 0.3) is 0 Å². The molecule has 0 amide bonds. The van der Waals surface area contributed by atoms with Gasteiger partial charge in [-0.2, -0.15) is 0 Å². The van der Waals surface area contributed by atoms with Gasteiger partial charge in [0.2, 0.25) is 0 Å². The molecule has 0 atom stereocenters. The van der Waals surface area contributed by atoms with Crippen molar-refractivity contribution in [3.8, 4) is 0 Å². The Hall–Kier alpha value is 0.774. The second kappa shape index (κ2) is 7.95. The molecule has 0 aromatic heterocycles. The number of alkyl halides is 2. The van der Waals surface area contributed by atoms with Crippen molar-refractivity contribution in [1.29, 1.82) is 0 Å². The zero-order chi connectivity index (χ0) is 12.8. The molecule has 3 heteroatoms. The maximum Gasteiger partial charge on any atom is 0.0108 e. The van der Waals surface area contributed by atoms with Crippen LogP contribution in [0, 0.1) is 5.41 Å². The van der Waals surface area contributed by atoms with Gasteiger partial charge in [-0.3, -0.25) is 0 Å². The van der Waals surface area contributed by atoms with Crippen LogP contribution in [0.15, 0.2) is 20.6 Å². The molecule has 0 spiro atoms. The van der Waals surface area contributed by atoms with Gasteiger partial charge in [0.05, 0.1) is 0 Å². The zero-order valence-corrected chi connectivity index (χ0v) is 13.8. The van der Waals surface area contributed by atoms with Crippen molar-refractivity contribution in [3.63, 3.8) is 0 Å². The molecule has 1 rings (SSSR count). The van der Waals surface area contributed by atoms with Gasteiger partial charge in [0.1, 0.15) is 0 Å². The summed E-state index contributed by atoms with van der Waals surface area (Å²) in [5.74, 6) is 0. The van der Waals surface area contributed by atoms with Crippen LogP contribution in [-0.4, -0.2) is 12.8 Å². The number of hydrogen-bond donors (Lipinski definition) is 0. The molecule has 0 radical (unpaired) electrons. The van der Waals surface area contributed by atoms with Gasteiger partial charge >= 0.3 is 81.1 Å². The van der Waals surface area contributed by atoms with E-state index in [1.165, 1.54) is 33.4 Å². The van der Waals surface area contributed by atoms with Crippen LogP contribution < -0.4 is 0 Å². The number of allylic oxidation sites excluding steroid dienone is 4. The quantitative estimate of drug-likeness (QED) is 0.438. The molecule has 1 aliphatic carbocycles. The van der Waals surface area contributed by atoms with Crippen LogP contribution in [0.4, 0.5) is 0 Å². The van der Waals surface area contributed by atoms with Crippen LogP contribution in [0.2, 0.25) is 0 Å². The predicted octanol–water partition coefficient (Wildman–Crippen LogP) is 4.89. The largest absolute Gasteiger partial charge is 0.130 e. The first-order valence-corrected chi connectivity index (χ1v) is 7.05. The summed E-state index contributed by atoms with van der Waals surface area (Å²) in [6.07, 6.45) is 2.94. The van der Waals surface area contributed by atoms with E-state index >= 15 is 0 Å². The molecule has 0 fully saturated rings. The molecule has 0 saturated carbocycles. The van der Waals surface area contributed by atoms with Crippen LogP contribution in [-0.2, 0) is 20.4 Å². The maximum atomic E-state index is 4.64. The molecule has 0 aliphatic heterocycles. The van der Waals surface area contributed by atoms with Crippen molar-refractivity contribution in [2.75, 3.05) is 12.8 Å². The first kappa shape index (κ1) is 18.1. The third kappa shape index (κ3) is 3.93. The normalized spacial score (nSPS) is 17.9. The molecule has 0 saturated heterocycles. The summed E-state index contributed by atoms with van der Waals surface area (Å²) in [5, 5.41) is 0. The Morgan fingerprint density at radius 1 is 0.867 bits per heavy atom. The Bertz CT molecular complexity index is 237. The summed E-state index contributed by atoms with van der Waals surface area (Å²) in [6, 6.07) is 0. The van der Waals surface area contributed by atoms with E-state index in [4.69, 9.17) is 0 Å². The van der Waals surface area contributed by atoms with Gasteiger partial charge in [-0.1, -0.05) is 0 Å². The third-order valence-corrected chi connectivity index (χ3v) is 4.62. The smallest absolute Gasteiger partial charge is 0.0108 e. The number of halogens is 2. The summed E-state index contributed by atoms with van der Waals surface area (Å²) in [5.41, 5.74) is 4.83. The van der Waals surface area contributed by atoms with Gasteiger partial charge in [0.15, 0.2) is 0 Å². The van der Waals surface area contributed by atoms with E-state index in [-0.39, 0.29) is 0 Å². The summed E-state index contributed by atoms with van der Waals surface area (Å²) >= 11 is 11.5. The fraction of sp³-hybridized carbons (Fsp3) is 0.667. The molecule has 87 valence electrons. The summed E-state index contributed by atoms with van der Waals surface area (Å²) < 4.78 is 1.53. The average Bonchev–Trinajstić information content (AvgIpc) is 2.40. The fourth-order valence-electron chi connectivity index (χ4n) is 1.59. The monoisotopic (exact) mass is 283 g/mol. The van der Waals surface area contributed by atoms with E-state index in [1.54, 1.807) is 0 Å². The molecule has 0 nitrogen and oxygen atoms in total. The molecule has 15 heavy (non-hydrogen) atoms. The number of hydrogen-bond acceptors (Lipinski definition) is 0. The Balaban J connectivity index is 0. The van der Waals surface area contributed by atoms with Crippen LogP contribution in [0.5, 0.6) is 0 Å². The average molecular weight is 284 g/mol. The fourth-order valence-corrected chi connectivity index (χ4v) is 2.18. The molecule has 1 aliphatic rings. The van der Waals surface area contributed by atoms with Crippen molar-refractivity contribution in [3.05, 3.63) is 20.6 Å². The topological polar surface area (TPSA) is 0 Å². The van der Waals surface area contributed by atoms with Gasteiger partial charge in [0, 0.05) is 12.8 Å². The maximum absolute atomic E-state index is 4.64. The number of rotatable bonds is 0. The Morgan fingerprint density at radius 3 is 1.27 bits per heavy atom. The minimum Gasteiger partial charge on any atom is -0.130 e. The standard InChI is InChI=1S/C10H15.2CH3Cl.Ti/c1-7-6-10(4,5)9(3)8(7)2;2*1-2;/h1-5H3;2*1H3;. The second-order valence-electron chi connectivity index (χ2n) is 3.88. The van der Waals surface area contributed by atoms with Gasteiger partial charge in [-0.15, -0.1) is 23.2 Å². The first-order chi connectivity index (χ1) is 6.89. The van der Waals surface area contributed by atoms with E-state index in [1.807, 2.05) is 0 Å². The van der Waals surface area contributed by atoms with Gasteiger partial charge in [-0.25, -0.2) is 0 Å². The van der Waals surface area contributed by atoms with Gasteiger partial charge in [-0.05, 0) is 0 Å². The Kier molecular flexibility index (Phi) is 9.62. The summed E-state index contributed by atoms with van der Waals surface area (Å²) in [6.45, 7) is 11.3. The molecule has 0 bridgehead atoms. The molecule has 0 N–H and O–H groups in total. The molecular formula is C12H21Cl2Ti. The molecule has 0 heterocycles. The van der Waals surface area contributed by atoms with E-state index in [9.17, 15) is 0 Å². The van der Waals surface area contributed by atoms with Crippen LogP contribution in [0.1, 0.15) is 34.6 Å². The van der Waals surface area contributed by atoms with Crippen molar-refractivity contribution < 1.29 is 20.4 Å². The third-order valence-electron chi connectivity index (χ3n) is 3.06. The summed E-state index contributed by atoms with van der Waals surface area (Å²) in [4.78, 5) is 0. The molecule has 0 aromatic rings. The second-order valence-corrected chi connectivity index (χ2v) is 4.66. The van der Waals surface area contributed by atoms with Gasteiger partial charge < -0.3 is 0 Å². The Morgan fingerprint density at radius 2 is 1.20 bits per heavy atom. The van der Waals surface area contributed by atoms with E-state index in [2.05, 4.69) is 78.3 Å². The summed E-state index contributed by atoms with van der Waals surface area (Å²) in [7, 11) is 0. The van der Waals surface area contributed by atoms with Crippen LogP contribution in [0.3, 0.4) is 0 Å². The van der Waals surface area contributed by atoms with Crippen LogP contribution >= 0.6 is 23.2 Å². The molecule has 0 unspecified atom stereocenters. The minimum atomic E-state index is 0.314. The van der Waals surface area contributed by atoms with E-state index in [0.717, 1.165) is 0 Å². The van der Waals surface area contributed by atoms with E-state index in [0.29, 0.717) is 5.41 Å². The predicted molar refractivity (Wildman–Crippen MR) is 68.4 cm³/mol. The SMILES string of the molecule is CC1=C(C)C(C)(C)[C]([Ti])=C1C.CCl.CCl. The van der Waals surface area contributed by atoms with Crippen molar-refractivity contribution in [1.82, 2.24) is 0 Å². The van der Waals surface area contributed by atoms with Gasteiger partial charge in [0.25, 0.3) is 0 Å². The molecular weight excluding hydrogens is 263 g/mol. The first-order valence-electron chi connectivity index (χ1n) is 4.76. The zero-order valence-electron chi connectivity index (χ0n) is 10.8.